The van der Waals surface area contributed by atoms with Crippen LogP contribution >= 0.6 is 12.8 Å². The van der Waals surface area contributed by atoms with Crippen molar-refractivity contribution in [1.82, 2.24) is 0 Å². The van der Waals surface area contributed by atoms with Gasteiger partial charge in [-0.15, -0.1) is 0 Å². The zero-order chi connectivity index (χ0) is 12.6. The van der Waals surface area contributed by atoms with Crippen LogP contribution in [-0.2, 0) is 0 Å². The maximum Gasteiger partial charge on any atom is 0.0467 e. The molecule has 2 nitrogen and oxygen atoms in total. The number of nitrogens with zero attached hydrogens (tertiary/aromatic N) is 1. The predicted octanol–water partition coefficient (Wildman–Crippen LogP) is 3.84. The van der Waals surface area contributed by atoms with Crippen molar-refractivity contribution in [2.75, 3.05) is 22.7 Å². The summed E-state index contributed by atoms with van der Waals surface area (Å²) in [6, 6.07) is 20.5. The number of nitrogens with one attached hydrogen (secondary N) is 1. The molecule has 3 heteroatoms. The second-order valence-corrected chi connectivity index (χ2v) is 4.59. The van der Waals surface area contributed by atoms with Gasteiger partial charge in [0, 0.05) is 24.5 Å². The van der Waals surface area contributed by atoms with Crippen LogP contribution < -0.4 is 9.62 Å². The Balaban J connectivity index is 1.70. The monoisotopic (exact) mass is 258 g/mol. The molecule has 0 unspecified atom stereocenters. The Morgan fingerprint density at radius 1 is 0.889 bits per heavy atom. The lowest BCUT2D eigenvalue weighted by atomic mass is 10.3. The minimum absolute atomic E-state index is 0.924. The highest BCUT2D eigenvalue weighted by atomic mass is 32.1. The van der Waals surface area contributed by atoms with Gasteiger partial charge in [0.1, 0.15) is 0 Å². The van der Waals surface area contributed by atoms with E-state index in [1.807, 2.05) is 40.7 Å². The lowest BCUT2D eigenvalue weighted by Crippen LogP contribution is -2.15. The molecule has 0 spiro atoms. The van der Waals surface area contributed by atoms with Gasteiger partial charge in [0.15, 0.2) is 0 Å². The molecule has 2 aromatic carbocycles. The van der Waals surface area contributed by atoms with E-state index < -0.39 is 0 Å². The molecule has 0 amide bonds. The largest absolute Gasteiger partial charge is 0.385 e. The Morgan fingerprint density at radius 3 is 2.17 bits per heavy atom. The summed E-state index contributed by atoms with van der Waals surface area (Å²) < 4.78 is 1.98. The molecule has 0 saturated carbocycles. The fourth-order valence-electron chi connectivity index (χ4n) is 1.75. The van der Waals surface area contributed by atoms with Crippen LogP contribution in [-0.4, -0.2) is 13.1 Å². The van der Waals surface area contributed by atoms with E-state index in [1.54, 1.807) is 0 Å². The number of para-hydroxylation sites is 2. The molecule has 2 rings (SSSR count). The minimum Gasteiger partial charge on any atom is -0.385 e. The molecule has 2 aromatic rings. The van der Waals surface area contributed by atoms with Crippen molar-refractivity contribution in [2.45, 2.75) is 6.42 Å². The Hall–Kier alpha value is -1.61. The van der Waals surface area contributed by atoms with Crippen LogP contribution in [0.3, 0.4) is 0 Å². The summed E-state index contributed by atoms with van der Waals surface area (Å²) in [6.45, 7) is 1.88. The molecule has 0 aliphatic rings. The van der Waals surface area contributed by atoms with Gasteiger partial charge >= 0.3 is 0 Å². The summed E-state index contributed by atoms with van der Waals surface area (Å²) in [5.74, 6) is 0. The zero-order valence-electron chi connectivity index (χ0n) is 10.3. The SMILES string of the molecule is SN(CCCNc1ccccc1)c1ccccc1. The summed E-state index contributed by atoms with van der Waals surface area (Å²) in [5.41, 5.74) is 2.31. The van der Waals surface area contributed by atoms with E-state index in [2.05, 4.69) is 42.4 Å². The lowest BCUT2D eigenvalue weighted by molar-refractivity contribution is 0.877. The topological polar surface area (TPSA) is 15.3 Å². The number of anilines is 2. The predicted molar refractivity (Wildman–Crippen MR) is 82.3 cm³/mol. The summed E-state index contributed by atoms with van der Waals surface area (Å²) in [6.07, 6.45) is 1.05. The fraction of sp³-hybridized carbons (Fsp3) is 0.200. The van der Waals surface area contributed by atoms with E-state index in [0.29, 0.717) is 0 Å². The second kappa shape index (κ2) is 6.97. The summed E-state index contributed by atoms with van der Waals surface area (Å²) >= 11 is 4.49. The highest BCUT2D eigenvalue weighted by Gasteiger charge is 1.99. The number of hydrogen-bond donors (Lipinski definition) is 2. The number of thiol groups is 1. The van der Waals surface area contributed by atoms with Gasteiger partial charge in [0.25, 0.3) is 0 Å². The fourth-order valence-corrected chi connectivity index (χ4v) is 2.02. The average Bonchev–Trinajstić information content (AvgIpc) is 2.45. The smallest absolute Gasteiger partial charge is 0.0467 e. The molecule has 0 aliphatic heterocycles. The molecule has 0 saturated heterocycles. The third-order valence-electron chi connectivity index (χ3n) is 2.70. The summed E-state index contributed by atoms with van der Waals surface area (Å²) in [7, 11) is 0. The van der Waals surface area contributed by atoms with Crippen LogP contribution in [0.2, 0.25) is 0 Å². The van der Waals surface area contributed by atoms with Gasteiger partial charge in [-0.3, -0.25) is 0 Å². The van der Waals surface area contributed by atoms with Gasteiger partial charge < -0.3 is 9.62 Å². The Labute approximate surface area is 114 Å². The standard InChI is InChI=1S/C15H18N2S/c18-17(15-10-5-2-6-11-15)13-7-12-16-14-8-3-1-4-9-14/h1-6,8-11,16,18H,7,12-13H2. The molecular formula is C15H18N2S. The first-order valence-corrected chi connectivity index (χ1v) is 6.56. The van der Waals surface area contributed by atoms with Crippen LogP contribution in [0.1, 0.15) is 6.42 Å². The van der Waals surface area contributed by atoms with Crippen LogP contribution in [0.5, 0.6) is 0 Å². The molecule has 1 N–H and O–H groups in total. The summed E-state index contributed by atoms with van der Waals surface area (Å²) in [5, 5.41) is 3.39. The van der Waals surface area contributed by atoms with Crippen LogP contribution in [0.15, 0.2) is 60.7 Å². The van der Waals surface area contributed by atoms with Gasteiger partial charge in [-0.25, -0.2) is 0 Å². The highest BCUT2D eigenvalue weighted by molar-refractivity contribution is 7.81. The minimum atomic E-state index is 0.924. The maximum atomic E-state index is 4.49. The molecule has 0 aromatic heterocycles. The van der Waals surface area contributed by atoms with Crippen molar-refractivity contribution in [3.8, 4) is 0 Å². The highest BCUT2D eigenvalue weighted by Crippen LogP contribution is 2.15. The van der Waals surface area contributed by atoms with Gasteiger partial charge in [-0.1, -0.05) is 49.2 Å². The molecule has 0 bridgehead atoms. The van der Waals surface area contributed by atoms with E-state index in [1.165, 1.54) is 5.69 Å². The van der Waals surface area contributed by atoms with E-state index in [4.69, 9.17) is 0 Å². The zero-order valence-corrected chi connectivity index (χ0v) is 11.2. The van der Waals surface area contributed by atoms with Crippen LogP contribution in [0, 0.1) is 0 Å². The number of benzene rings is 2. The van der Waals surface area contributed by atoms with Crippen molar-refractivity contribution in [1.29, 1.82) is 0 Å². The van der Waals surface area contributed by atoms with Crippen LogP contribution in [0.25, 0.3) is 0 Å². The van der Waals surface area contributed by atoms with Crippen molar-refractivity contribution < 1.29 is 0 Å². The first-order chi connectivity index (χ1) is 8.86. The third-order valence-corrected chi connectivity index (χ3v) is 3.13. The number of rotatable bonds is 6. The van der Waals surface area contributed by atoms with Crippen molar-refractivity contribution in [2.24, 2.45) is 0 Å². The van der Waals surface area contributed by atoms with E-state index >= 15 is 0 Å². The normalized spacial score (nSPS) is 10.1. The van der Waals surface area contributed by atoms with Gasteiger partial charge in [0.2, 0.25) is 0 Å². The van der Waals surface area contributed by atoms with E-state index in [0.717, 1.165) is 25.2 Å². The Bertz CT molecular complexity index is 445. The van der Waals surface area contributed by atoms with Gasteiger partial charge in [-0.05, 0) is 30.7 Å². The Kier molecular flexibility index (Phi) is 4.97. The van der Waals surface area contributed by atoms with Gasteiger partial charge in [0.05, 0.1) is 0 Å². The molecule has 0 radical (unpaired) electrons. The first-order valence-electron chi connectivity index (χ1n) is 6.16. The summed E-state index contributed by atoms with van der Waals surface area (Å²) in [4.78, 5) is 0. The van der Waals surface area contributed by atoms with Gasteiger partial charge in [-0.2, -0.15) is 0 Å². The van der Waals surface area contributed by atoms with Crippen LogP contribution in [0.4, 0.5) is 11.4 Å². The lowest BCUT2D eigenvalue weighted by Gasteiger charge is -2.17. The molecule has 18 heavy (non-hydrogen) atoms. The Morgan fingerprint density at radius 2 is 1.50 bits per heavy atom. The maximum absolute atomic E-state index is 4.49. The molecule has 0 heterocycles. The van der Waals surface area contributed by atoms with E-state index in [9.17, 15) is 0 Å². The van der Waals surface area contributed by atoms with Crippen molar-refractivity contribution >= 4 is 24.2 Å². The average molecular weight is 258 g/mol. The molecule has 0 aliphatic carbocycles. The van der Waals surface area contributed by atoms with Crippen molar-refractivity contribution in [3.05, 3.63) is 60.7 Å². The molecular weight excluding hydrogens is 240 g/mol. The molecule has 0 fully saturated rings. The number of hydrogen-bond acceptors (Lipinski definition) is 3. The van der Waals surface area contributed by atoms with Crippen molar-refractivity contribution in [3.63, 3.8) is 0 Å². The second-order valence-electron chi connectivity index (χ2n) is 4.11. The third kappa shape index (κ3) is 4.00. The molecule has 94 valence electrons. The van der Waals surface area contributed by atoms with E-state index in [-0.39, 0.29) is 0 Å². The quantitative estimate of drug-likeness (QED) is 0.604. The first kappa shape index (κ1) is 12.8. The molecule has 0 atom stereocenters.